The maximum absolute atomic E-state index is 14.3. The van der Waals surface area contributed by atoms with Crippen molar-refractivity contribution in [1.29, 1.82) is 0 Å². The largest absolute Gasteiger partial charge is 0.483 e. The van der Waals surface area contributed by atoms with Gasteiger partial charge in [0.2, 0.25) is 11.8 Å². The lowest BCUT2D eigenvalue weighted by Gasteiger charge is -2.37. The third-order valence-corrected chi connectivity index (χ3v) is 9.71. The first kappa shape index (κ1) is 35.9. The average Bonchev–Trinajstić information content (AvgIpc) is 3.48. The van der Waals surface area contributed by atoms with Crippen molar-refractivity contribution in [1.82, 2.24) is 20.9 Å². The summed E-state index contributed by atoms with van der Waals surface area (Å²) in [4.78, 5) is 56.2. The molecule has 0 radical (unpaired) electrons. The Bertz CT molecular complexity index is 1610. The molecule has 0 bridgehead atoms. The third kappa shape index (κ3) is 8.78. The average molecular weight is 671 g/mol. The van der Waals surface area contributed by atoms with Crippen LogP contribution in [0.5, 0.6) is 5.75 Å². The zero-order valence-electron chi connectivity index (χ0n) is 28.9. The molecule has 1 aliphatic heterocycles. The lowest BCUT2D eigenvalue weighted by Crippen LogP contribution is -2.60. The van der Waals surface area contributed by atoms with Crippen LogP contribution in [0.3, 0.4) is 0 Å². The molecule has 2 fully saturated rings. The summed E-state index contributed by atoms with van der Waals surface area (Å²) in [5, 5.41) is 22.3. The maximum atomic E-state index is 14.3. The predicted molar refractivity (Wildman–Crippen MR) is 189 cm³/mol. The molecule has 3 aromatic carbocycles. The Morgan fingerprint density at radius 1 is 0.857 bits per heavy atom. The molecule has 0 aromatic heterocycles. The number of aliphatic hydroxyl groups is 1. The number of likely N-dealkylation sites (tertiary alicyclic amines) is 1. The minimum absolute atomic E-state index is 0.0947. The number of hydrogen-bond acceptors (Lipinski definition) is 6. The van der Waals surface area contributed by atoms with Gasteiger partial charge in [-0.25, -0.2) is 0 Å². The standard InChI is InChI=1S/C39H50N4O6/c1-24(2)35(42-34(44)23-49-33-20-12-17-27-15-8-10-18-29(27)33)38(47)41-30(21-26-13-6-5-7-14-26)36(45)39(48)43-31-19-11-9-16-28(31)22-32(43)37(46)40-25(3)4/h5-8,10,12-15,17-18,20,24-25,28,30-32,35-36,45H,9,11,16,19,21-23H2,1-4H3,(H,40,46)(H,41,47)(H,42,44)/t28-,30-,31-,32-,35-,36-/m0/s1. The lowest BCUT2D eigenvalue weighted by atomic mass is 9.84. The topological polar surface area (TPSA) is 137 Å². The van der Waals surface area contributed by atoms with Gasteiger partial charge in [0.25, 0.3) is 11.8 Å². The number of nitrogens with one attached hydrogen (secondary N) is 3. The van der Waals surface area contributed by atoms with Crippen molar-refractivity contribution in [2.75, 3.05) is 6.61 Å². The van der Waals surface area contributed by atoms with Crippen molar-refractivity contribution in [2.24, 2.45) is 11.8 Å². The summed E-state index contributed by atoms with van der Waals surface area (Å²) < 4.78 is 5.86. The van der Waals surface area contributed by atoms with Gasteiger partial charge >= 0.3 is 0 Å². The summed E-state index contributed by atoms with van der Waals surface area (Å²) in [7, 11) is 0. The first-order valence-electron chi connectivity index (χ1n) is 17.6. The van der Waals surface area contributed by atoms with E-state index in [1.807, 2.05) is 94.4 Å². The Kier molecular flexibility index (Phi) is 11.9. The fourth-order valence-corrected chi connectivity index (χ4v) is 7.31. The smallest absolute Gasteiger partial charge is 0.258 e. The van der Waals surface area contributed by atoms with Crippen LogP contribution in [0.4, 0.5) is 0 Å². The SMILES string of the molecule is CC(C)NC(=O)[C@@H]1C[C@@H]2CCCC[C@@H]2N1C(=O)[C@@H](O)[C@H](Cc1ccccc1)NC(=O)[C@@H](NC(=O)COc1cccc2ccccc12)C(C)C. The maximum Gasteiger partial charge on any atom is 0.258 e. The summed E-state index contributed by atoms with van der Waals surface area (Å²) in [5.74, 6) is -1.34. The summed E-state index contributed by atoms with van der Waals surface area (Å²) in [6, 6.07) is 19.8. The van der Waals surface area contributed by atoms with Gasteiger partial charge in [-0.05, 0) is 68.4 Å². The summed E-state index contributed by atoms with van der Waals surface area (Å²) >= 11 is 0. The molecule has 4 amide bonds. The second kappa shape index (κ2) is 16.3. The van der Waals surface area contributed by atoms with Crippen LogP contribution in [0.1, 0.15) is 65.4 Å². The first-order chi connectivity index (χ1) is 23.5. The van der Waals surface area contributed by atoms with Gasteiger partial charge in [-0.15, -0.1) is 0 Å². The number of ether oxygens (including phenoxy) is 1. The van der Waals surface area contributed by atoms with Crippen molar-refractivity contribution in [3.8, 4) is 5.75 Å². The van der Waals surface area contributed by atoms with Crippen LogP contribution in [-0.2, 0) is 25.6 Å². The highest BCUT2D eigenvalue weighted by Gasteiger charge is 2.49. The van der Waals surface area contributed by atoms with E-state index in [1.165, 1.54) is 0 Å². The predicted octanol–water partition coefficient (Wildman–Crippen LogP) is 4.13. The third-order valence-electron chi connectivity index (χ3n) is 9.71. The quantitative estimate of drug-likeness (QED) is 0.216. The molecule has 0 unspecified atom stereocenters. The van der Waals surface area contributed by atoms with Crippen molar-refractivity contribution >= 4 is 34.4 Å². The van der Waals surface area contributed by atoms with Crippen LogP contribution in [0.25, 0.3) is 10.8 Å². The van der Waals surface area contributed by atoms with Crippen LogP contribution in [0, 0.1) is 11.8 Å². The number of fused-ring (bicyclic) bond motifs is 2. The van der Waals surface area contributed by atoms with Gasteiger partial charge in [-0.1, -0.05) is 93.4 Å². The van der Waals surface area contributed by atoms with E-state index in [0.29, 0.717) is 12.2 Å². The van der Waals surface area contributed by atoms with Crippen molar-refractivity contribution < 1.29 is 29.0 Å². The van der Waals surface area contributed by atoms with E-state index >= 15 is 0 Å². The van der Waals surface area contributed by atoms with Gasteiger partial charge in [0.1, 0.15) is 17.8 Å². The van der Waals surface area contributed by atoms with Crippen molar-refractivity contribution in [2.45, 2.75) is 103 Å². The molecular formula is C39H50N4O6. The number of hydrogen-bond donors (Lipinski definition) is 4. The Hall–Kier alpha value is -4.44. The molecular weight excluding hydrogens is 620 g/mol. The summed E-state index contributed by atoms with van der Waals surface area (Å²) in [6.07, 6.45) is 2.81. The van der Waals surface area contributed by atoms with Gasteiger partial charge in [-0.3, -0.25) is 19.2 Å². The van der Waals surface area contributed by atoms with E-state index in [0.717, 1.165) is 42.0 Å². The molecule has 1 saturated heterocycles. The number of carbonyl (C=O) groups is 4. The molecule has 6 atom stereocenters. The Balaban J connectivity index is 1.32. The molecule has 1 aliphatic carbocycles. The molecule has 49 heavy (non-hydrogen) atoms. The number of nitrogens with zero attached hydrogens (tertiary/aromatic N) is 1. The van der Waals surface area contributed by atoms with Crippen LogP contribution in [-0.4, -0.2) is 76.6 Å². The van der Waals surface area contributed by atoms with Crippen molar-refractivity contribution in [3.05, 3.63) is 78.4 Å². The highest BCUT2D eigenvalue weighted by atomic mass is 16.5. The summed E-state index contributed by atoms with van der Waals surface area (Å²) in [5.41, 5.74) is 0.819. The zero-order valence-corrected chi connectivity index (χ0v) is 28.9. The van der Waals surface area contributed by atoms with E-state index in [2.05, 4.69) is 16.0 Å². The minimum Gasteiger partial charge on any atom is -0.483 e. The van der Waals surface area contributed by atoms with E-state index in [1.54, 1.807) is 11.0 Å². The van der Waals surface area contributed by atoms with Gasteiger partial charge < -0.3 is 30.7 Å². The first-order valence-corrected chi connectivity index (χ1v) is 17.6. The molecule has 262 valence electrons. The monoisotopic (exact) mass is 670 g/mol. The van der Waals surface area contributed by atoms with Gasteiger partial charge in [0, 0.05) is 17.5 Å². The zero-order chi connectivity index (χ0) is 35.1. The molecule has 0 spiro atoms. The van der Waals surface area contributed by atoms with E-state index < -0.39 is 42.0 Å². The Morgan fingerprint density at radius 2 is 1.55 bits per heavy atom. The highest BCUT2D eigenvalue weighted by molar-refractivity contribution is 5.93. The van der Waals surface area contributed by atoms with Crippen molar-refractivity contribution in [3.63, 3.8) is 0 Å². The number of amides is 4. The molecule has 1 heterocycles. The molecule has 10 heteroatoms. The summed E-state index contributed by atoms with van der Waals surface area (Å²) in [6.45, 7) is 7.10. The normalized spacial score (nSPS) is 20.7. The van der Waals surface area contributed by atoms with Gasteiger partial charge in [0.05, 0.1) is 6.04 Å². The number of carbonyl (C=O) groups excluding carboxylic acids is 4. The minimum atomic E-state index is -1.61. The van der Waals surface area contributed by atoms with Crippen LogP contribution < -0.4 is 20.7 Å². The fraction of sp³-hybridized carbons (Fsp3) is 0.487. The Morgan fingerprint density at radius 3 is 2.29 bits per heavy atom. The fourth-order valence-electron chi connectivity index (χ4n) is 7.31. The number of aliphatic hydroxyl groups excluding tert-OH is 1. The molecule has 10 nitrogen and oxygen atoms in total. The lowest BCUT2D eigenvalue weighted by molar-refractivity contribution is -0.150. The van der Waals surface area contributed by atoms with Crippen LogP contribution >= 0.6 is 0 Å². The van der Waals surface area contributed by atoms with Crippen LogP contribution in [0.15, 0.2) is 72.8 Å². The second-order valence-corrected chi connectivity index (χ2v) is 14.1. The molecule has 5 rings (SSSR count). The van der Waals surface area contributed by atoms with Gasteiger partial charge in [0.15, 0.2) is 12.7 Å². The number of rotatable bonds is 13. The van der Waals surface area contributed by atoms with Gasteiger partial charge in [-0.2, -0.15) is 0 Å². The molecule has 2 aliphatic rings. The Labute approximate surface area is 289 Å². The van der Waals surface area contributed by atoms with Crippen LogP contribution in [0.2, 0.25) is 0 Å². The van der Waals surface area contributed by atoms with E-state index in [9.17, 15) is 24.3 Å². The second-order valence-electron chi connectivity index (χ2n) is 14.1. The molecule has 3 aromatic rings. The highest BCUT2D eigenvalue weighted by Crippen LogP contribution is 2.40. The number of benzene rings is 3. The molecule has 4 N–H and O–H groups in total. The van der Waals surface area contributed by atoms with E-state index in [-0.39, 0.29) is 42.9 Å². The van der Waals surface area contributed by atoms with E-state index in [4.69, 9.17) is 4.74 Å². The molecule has 1 saturated carbocycles.